The molecule has 1 atom stereocenters. The highest BCUT2D eigenvalue weighted by atomic mass is 16.1. The summed E-state index contributed by atoms with van der Waals surface area (Å²) < 4.78 is 0. The zero-order valence-electron chi connectivity index (χ0n) is 13.8. The van der Waals surface area contributed by atoms with Gasteiger partial charge >= 0.3 is 0 Å². The standard InChI is InChI=1S/C20H21N3O/c1-23(18-11-10-14-6-2-3-7-15(14)18)13-12-19-21-17-9-5-4-8-16(17)20(24)22-19/h2-9,18H,10-13H2,1H3,(H,21,22,24). The van der Waals surface area contributed by atoms with Crippen LogP contribution in [-0.4, -0.2) is 28.5 Å². The van der Waals surface area contributed by atoms with Gasteiger partial charge in [-0.15, -0.1) is 0 Å². The fraction of sp³-hybridized carbons (Fsp3) is 0.300. The van der Waals surface area contributed by atoms with Crippen LogP contribution in [0.3, 0.4) is 0 Å². The number of para-hydroxylation sites is 1. The van der Waals surface area contributed by atoms with Crippen molar-refractivity contribution in [1.82, 2.24) is 14.9 Å². The molecule has 1 N–H and O–H groups in total. The third-order valence-electron chi connectivity index (χ3n) is 5.00. The summed E-state index contributed by atoms with van der Waals surface area (Å²) in [7, 11) is 2.16. The zero-order valence-corrected chi connectivity index (χ0v) is 13.8. The van der Waals surface area contributed by atoms with Gasteiger partial charge < -0.3 is 4.98 Å². The molecule has 122 valence electrons. The van der Waals surface area contributed by atoms with E-state index in [4.69, 9.17) is 0 Å². The Morgan fingerprint density at radius 1 is 1.17 bits per heavy atom. The molecule has 0 radical (unpaired) electrons. The van der Waals surface area contributed by atoms with Crippen LogP contribution in [0.1, 0.15) is 29.4 Å². The Hall–Kier alpha value is -2.46. The summed E-state index contributed by atoms with van der Waals surface area (Å²) in [6, 6.07) is 16.7. The minimum atomic E-state index is -0.0514. The molecule has 0 fully saturated rings. The van der Waals surface area contributed by atoms with E-state index < -0.39 is 0 Å². The average Bonchev–Trinajstić information content (AvgIpc) is 3.04. The quantitative estimate of drug-likeness (QED) is 0.804. The Bertz CT molecular complexity index is 931. The van der Waals surface area contributed by atoms with Gasteiger partial charge in [0.2, 0.25) is 0 Å². The van der Waals surface area contributed by atoms with Gasteiger partial charge in [0.15, 0.2) is 0 Å². The summed E-state index contributed by atoms with van der Waals surface area (Å²) in [5, 5.41) is 0.652. The summed E-state index contributed by atoms with van der Waals surface area (Å²) >= 11 is 0. The third-order valence-corrected chi connectivity index (χ3v) is 5.00. The van der Waals surface area contributed by atoms with Gasteiger partial charge in [-0.3, -0.25) is 9.69 Å². The molecule has 1 unspecified atom stereocenters. The Kier molecular flexibility index (Phi) is 3.90. The summed E-state index contributed by atoms with van der Waals surface area (Å²) in [5.74, 6) is 0.761. The number of rotatable bonds is 4. The minimum absolute atomic E-state index is 0.0514. The Morgan fingerprint density at radius 3 is 2.88 bits per heavy atom. The van der Waals surface area contributed by atoms with Crippen LogP contribution in [0.15, 0.2) is 53.3 Å². The van der Waals surface area contributed by atoms with Crippen molar-refractivity contribution >= 4 is 10.9 Å². The maximum absolute atomic E-state index is 12.2. The van der Waals surface area contributed by atoms with E-state index in [1.807, 2.05) is 24.3 Å². The second-order valence-electron chi connectivity index (χ2n) is 6.51. The molecule has 1 heterocycles. The smallest absolute Gasteiger partial charge is 0.258 e. The molecule has 3 aromatic rings. The lowest BCUT2D eigenvalue weighted by atomic mass is 10.1. The van der Waals surface area contributed by atoms with E-state index in [1.165, 1.54) is 11.1 Å². The third kappa shape index (κ3) is 2.74. The van der Waals surface area contributed by atoms with Gasteiger partial charge in [-0.05, 0) is 43.1 Å². The van der Waals surface area contributed by atoms with E-state index in [9.17, 15) is 4.79 Å². The van der Waals surface area contributed by atoms with Gasteiger partial charge in [-0.25, -0.2) is 4.98 Å². The van der Waals surface area contributed by atoms with Gasteiger partial charge in [0.05, 0.1) is 10.9 Å². The number of fused-ring (bicyclic) bond motifs is 2. The van der Waals surface area contributed by atoms with E-state index in [0.29, 0.717) is 11.4 Å². The zero-order chi connectivity index (χ0) is 16.5. The highest BCUT2D eigenvalue weighted by molar-refractivity contribution is 5.77. The number of likely N-dealkylation sites (N-methyl/N-ethyl adjacent to an activating group) is 1. The molecule has 4 nitrogen and oxygen atoms in total. The van der Waals surface area contributed by atoms with Crippen molar-refractivity contribution in [2.45, 2.75) is 25.3 Å². The molecular formula is C20H21N3O. The fourth-order valence-corrected chi connectivity index (χ4v) is 3.68. The Labute approximate surface area is 141 Å². The van der Waals surface area contributed by atoms with Crippen LogP contribution in [0.2, 0.25) is 0 Å². The minimum Gasteiger partial charge on any atom is -0.310 e. The summed E-state index contributed by atoms with van der Waals surface area (Å²) in [6.45, 7) is 0.875. The number of hydrogen-bond donors (Lipinski definition) is 1. The highest BCUT2D eigenvalue weighted by Crippen LogP contribution is 2.34. The van der Waals surface area contributed by atoms with Crippen molar-refractivity contribution < 1.29 is 0 Å². The molecule has 0 amide bonds. The number of hydrogen-bond acceptors (Lipinski definition) is 3. The fourth-order valence-electron chi connectivity index (χ4n) is 3.68. The van der Waals surface area contributed by atoms with Crippen LogP contribution in [0.4, 0.5) is 0 Å². The number of aryl methyl sites for hydroxylation is 1. The predicted molar refractivity (Wildman–Crippen MR) is 96.2 cm³/mol. The SMILES string of the molecule is CN(CCc1nc2ccccc2c(=O)[nH]1)C1CCc2ccccc21. The molecule has 1 aliphatic rings. The summed E-state index contributed by atoms with van der Waals surface area (Å²) in [5.41, 5.74) is 3.63. The van der Waals surface area contributed by atoms with Gasteiger partial charge in [-0.1, -0.05) is 36.4 Å². The first-order valence-electron chi connectivity index (χ1n) is 8.48. The van der Waals surface area contributed by atoms with Gasteiger partial charge in [0.1, 0.15) is 5.82 Å². The van der Waals surface area contributed by atoms with Crippen molar-refractivity contribution in [3.8, 4) is 0 Å². The second kappa shape index (κ2) is 6.21. The van der Waals surface area contributed by atoms with Crippen LogP contribution < -0.4 is 5.56 Å². The molecule has 0 bridgehead atoms. The number of H-pyrrole nitrogens is 1. The van der Waals surface area contributed by atoms with E-state index in [2.05, 4.69) is 46.2 Å². The molecular weight excluding hydrogens is 298 g/mol. The average molecular weight is 319 g/mol. The first-order chi connectivity index (χ1) is 11.7. The van der Waals surface area contributed by atoms with Gasteiger partial charge in [-0.2, -0.15) is 0 Å². The summed E-state index contributed by atoms with van der Waals surface area (Å²) in [4.78, 5) is 22.0. The van der Waals surface area contributed by atoms with E-state index in [1.54, 1.807) is 0 Å². The van der Waals surface area contributed by atoms with Crippen molar-refractivity contribution in [2.75, 3.05) is 13.6 Å². The molecule has 0 saturated heterocycles. The van der Waals surface area contributed by atoms with Crippen LogP contribution in [-0.2, 0) is 12.8 Å². The largest absolute Gasteiger partial charge is 0.310 e. The van der Waals surface area contributed by atoms with Crippen LogP contribution in [0.25, 0.3) is 10.9 Å². The maximum atomic E-state index is 12.2. The molecule has 24 heavy (non-hydrogen) atoms. The van der Waals surface area contributed by atoms with Crippen LogP contribution in [0.5, 0.6) is 0 Å². The van der Waals surface area contributed by atoms with E-state index >= 15 is 0 Å². The number of aromatic nitrogens is 2. The number of nitrogens with zero attached hydrogens (tertiary/aromatic N) is 2. The monoisotopic (exact) mass is 319 g/mol. The molecule has 2 aromatic carbocycles. The second-order valence-corrected chi connectivity index (χ2v) is 6.51. The van der Waals surface area contributed by atoms with E-state index in [-0.39, 0.29) is 5.56 Å². The number of nitrogens with one attached hydrogen (secondary N) is 1. The van der Waals surface area contributed by atoms with Crippen molar-refractivity contribution in [1.29, 1.82) is 0 Å². The predicted octanol–water partition coefficient (Wildman–Crippen LogP) is 3.08. The molecule has 1 aliphatic carbocycles. The Morgan fingerprint density at radius 2 is 1.96 bits per heavy atom. The highest BCUT2D eigenvalue weighted by Gasteiger charge is 2.25. The lowest BCUT2D eigenvalue weighted by Gasteiger charge is -2.25. The van der Waals surface area contributed by atoms with E-state index in [0.717, 1.165) is 37.1 Å². The lowest BCUT2D eigenvalue weighted by molar-refractivity contribution is 0.246. The molecule has 0 saturated carbocycles. The maximum Gasteiger partial charge on any atom is 0.258 e. The van der Waals surface area contributed by atoms with Crippen LogP contribution >= 0.6 is 0 Å². The van der Waals surface area contributed by atoms with Gasteiger partial charge in [0.25, 0.3) is 5.56 Å². The molecule has 4 heteroatoms. The van der Waals surface area contributed by atoms with Gasteiger partial charge in [0, 0.05) is 19.0 Å². The normalized spacial score (nSPS) is 16.7. The molecule has 4 rings (SSSR count). The van der Waals surface area contributed by atoms with Crippen molar-refractivity contribution in [3.05, 3.63) is 75.8 Å². The topological polar surface area (TPSA) is 49.0 Å². The number of benzene rings is 2. The molecule has 0 aliphatic heterocycles. The van der Waals surface area contributed by atoms with Crippen LogP contribution in [0, 0.1) is 0 Å². The summed E-state index contributed by atoms with van der Waals surface area (Å²) in [6.07, 6.45) is 3.06. The van der Waals surface area contributed by atoms with Crippen molar-refractivity contribution in [2.24, 2.45) is 0 Å². The Balaban J connectivity index is 1.50. The first-order valence-corrected chi connectivity index (χ1v) is 8.48. The number of aromatic amines is 1. The molecule has 1 aromatic heterocycles. The van der Waals surface area contributed by atoms with Crippen molar-refractivity contribution in [3.63, 3.8) is 0 Å². The first kappa shape index (κ1) is 15.1. The molecule has 0 spiro atoms. The lowest BCUT2D eigenvalue weighted by Crippen LogP contribution is -2.26.